The minimum atomic E-state index is 0.0218. The van der Waals surface area contributed by atoms with Crippen molar-refractivity contribution >= 4 is 34.3 Å². The van der Waals surface area contributed by atoms with E-state index in [1.54, 1.807) is 6.20 Å². The summed E-state index contributed by atoms with van der Waals surface area (Å²) in [5, 5.41) is 4.21. The van der Waals surface area contributed by atoms with Crippen LogP contribution >= 0.6 is 11.8 Å². The van der Waals surface area contributed by atoms with Crippen LogP contribution in [0.3, 0.4) is 0 Å². The smallest absolute Gasteiger partial charge is 0.234 e. The van der Waals surface area contributed by atoms with Gasteiger partial charge in [-0.25, -0.2) is 0 Å². The van der Waals surface area contributed by atoms with Crippen molar-refractivity contribution < 1.29 is 4.79 Å². The highest BCUT2D eigenvalue weighted by Gasteiger charge is 2.11. The molecule has 0 bridgehead atoms. The number of para-hydroxylation sites is 2. The molecular weight excluding hydrogens is 328 g/mol. The van der Waals surface area contributed by atoms with Crippen molar-refractivity contribution in [2.75, 3.05) is 11.1 Å². The van der Waals surface area contributed by atoms with Crippen molar-refractivity contribution in [2.45, 2.75) is 31.6 Å². The van der Waals surface area contributed by atoms with Gasteiger partial charge < -0.3 is 5.32 Å². The Hall–Kier alpha value is -2.33. The highest BCUT2D eigenvalue weighted by Crippen LogP contribution is 2.27. The van der Waals surface area contributed by atoms with E-state index in [1.807, 2.05) is 30.3 Å². The maximum atomic E-state index is 12.5. The largest absolute Gasteiger partial charge is 0.325 e. The van der Waals surface area contributed by atoms with Crippen LogP contribution in [-0.2, 0) is 17.6 Å². The molecule has 0 aliphatic rings. The first-order valence-corrected chi connectivity index (χ1v) is 9.58. The van der Waals surface area contributed by atoms with Gasteiger partial charge in [0.2, 0.25) is 5.91 Å². The van der Waals surface area contributed by atoms with E-state index in [0.717, 1.165) is 34.3 Å². The Balaban J connectivity index is 1.73. The molecule has 25 heavy (non-hydrogen) atoms. The number of pyridine rings is 1. The highest BCUT2D eigenvalue weighted by molar-refractivity contribution is 8.00. The average Bonchev–Trinajstić information content (AvgIpc) is 2.66. The van der Waals surface area contributed by atoms with E-state index in [4.69, 9.17) is 0 Å². The summed E-state index contributed by atoms with van der Waals surface area (Å²) in [7, 11) is 0. The minimum absolute atomic E-state index is 0.0218. The maximum Gasteiger partial charge on any atom is 0.234 e. The van der Waals surface area contributed by atoms with Gasteiger partial charge in [0, 0.05) is 22.2 Å². The first-order valence-electron chi connectivity index (χ1n) is 8.60. The predicted molar refractivity (Wildman–Crippen MR) is 106 cm³/mol. The summed E-state index contributed by atoms with van der Waals surface area (Å²) in [6.07, 6.45) is 3.60. The van der Waals surface area contributed by atoms with Gasteiger partial charge in [-0.05, 0) is 36.1 Å². The zero-order valence-corrected chi connectivity index (χ0v) is 15.4. The molecule has 0 aliphatic carbocycles. The Morgan fingerprint density at radius 1 is 1.00 bits per heavy atom. The standard InChI is InChI=1S/C21H22N2OS/c1-3-15-8-5-9-16(4-2)20(15)23-19(24)14-25-18-12-6-10-17-11-7-13-22-21(17)18/h5-13H,3-4,14H2,1-2H3,(H,23,24). The van der Waals surface area contributed by atoms with Gasteiger partial charge in [0.15, 0.2) is 0 Å². The molecule has 3 nitrogen and oxygen atoms in total. The number of rotatable bonds is 6. The van der Waals surface area contributed by atoms with Crippen LogP contribution in [0.5, 0.6) is 0 Å². The molecular formula is C21H22N2OS. The Morgan fingerprint density at radius 2 is 1.68 bits per heavy atom. The van der Waals surface area contributed by atoms with E-state index in [-0.39, 0.29) is 5.91 Å². The fourth-order valence-electron chi connectivity index (χ4n) is 2.91. The Bertz CT molecular complexity index is 864. The lowest BCUT2D eigenvalue weighted by atomic mass is 10.0. The molecule has 1 N–H and O–H groups in total. The minimum Gasteiger partial charge on any atom is -0.325 e. The molecule has 0 fully saturated rings. The molecule has 0 radical (unpaired) electrons. The molecule has 0 aliphatic heterocycles. The first kappa shape index (κ1) is 17.5. The predicted octanol–water partition coefficient (Wildman–Crippen LogP) is 5.09. The molecule has 4 heteroatoms. The van der Waals surface area contributed by atoms with Crippen molar-refractivity contribution in [3.05, 3.63) is 65.9 Å². The van der Waals surface area contributed by atoms with E-state index < -0.39 is 0 Å². The second-order valence-electron chi connectivity index (χ2n) is 5.83. The Kier molecular flexibility index (Phi) is 5.71. The maximum absolute atomic E-state index is 12.5. The van der Waals surface area contributed by atoms with E-state index in [0.29, 0.717) is 5.75 Å². The number of hydrogen-bond donors (Lipinski definition) is 1. The van der Waals surface area contributed by atoms with Crippen molar-refractivity contribution in [3.8, 4) is 0 Å². The number of nitrogens with one attached hydrogen (secondary N) is 1. The highest BCUT2D eigenvalue weighted by atomic mass is 32.2. The van der Waals surface area contributed by atoms with Crippen LogP contribution in [-0.4, -0.2) is 16.6 Å². The number of amides is 1. The average molecular weight is 350 g/mol. The van der Waals surface area contributed by atoms with Gasteiger partial charge in [0.05, 0.1) is 11.3 Å². The summed E-state index contributed by atoms with van der Waals surface area (Å²) in [5.41, 5.74) is 4.30. The van der Waals surface area contributed by atoms with Gasteiger partial charge in [-0.2, -0.15) is 0 Å². The van der Waals surface area contributed by atoms with E-state index in [2.05, 4.69) is 42.3 Å². The van der Waals surface area contributed by atoms with E-state index >= 15 is 0 Å². The number of carbonyl (C=O) groups is 1. The molecule has 3 rings (SSSR count). The molecule has 1 aromatic heterocycles. The summed E-state index contributed by atoms with van der Waals surface area (Å²) in [6, 6.07) is 16.2. The molecule has 0 unspecified atom stereocenters. The molecule has 0 saturated heterocycles. The van der Waals surface area contributed by atoms with Gasteiger partial charge in [-0.3, -0.25) is 9.78 Å². The normalized spacial score (nSPS) is 10.8. The van der Waals surface area contributed by atoms with Gasteiger partial charge >= 0.3 is 0 Å². The summed E-state index contributed by atoms with van der Waals surface area (Å²) < 4.78 is 0. The van der Waals surface area contributed by atoms with Crippen molar-refractivity contribution in [3.63, 3.8) is 0 Å². The molecule has 128 valence electrons. The number of aromatic nitrogens is 1. The number of aryl methyl sites for hydroxylation is 2. The summed E-state index contributed by atoms with van der Waals surface area (Å²) in [4.78, 5) is 18.0. The number of anilines is 1. The third-order valence-electron chi connectivity index (χ3n) is 4.22. The number of benzene rings is 2. The van der Waals surface area contributed by atoms with Gasteiger partial charge in [0.1, 0.15) is 0 Å². The molecule has 2 aromatic carbocycles. The second kappa shape index (κ2) is 8.17. The summed E-state index contributed by atoms with van der Waals surface area (Å²) >= 11 is 1.53. The summed E-state index contributed by atoms with van der Waals surface area (Å²) in [5.74, 6) is 0.394. The zero-order valence-electron chi connectivity index (χ0n) is 14.6. The lowest BCUT2D eigenvalue weighted by Crippen LogP contribution is -2.16. The van der Waals surface area contributed by atoms with Crippen LogP contribution in [0.25, 0.3) is 10.9 Å². The van der Waals surface area contributed by atoms with Crippen LogP contribution < -0.4 is 5.32 Å². The van der Waals surface area contributed by atoms with Crippen LogP contribution in [0.4, 0.5) is 5.69 Å². The third-order valence-corrected chi connectivity index (χ3v) is 5.26. The van der Waals surface area contributed by atoms with E-state index in [9.17, 15) is 4.79 Å². The van der Waals surface area contributed by atoms with Crippen molar-refractivity contribution in [1.82, 2.24) is 4.98 Å². The van der Waals surface area contributed by atoms with Crippen molar-refractivity contribution in [2.24, 2.45) is 0 Å². The lowest BCUT2D eigenvalue weighted by Gasteiger charge is -2.14. The van der Waals surface area contributed by atoms with Gasteiger partial charge in [-0.1, -0.05) is 50.2 Å². The monoisotopic (exact) mass is 350 g/mol. The Morgan fingerprint density at radius 3 is 2.40 bits per heavy atom. The number of fused-ring (bicyclic) bond motifs is 1. The zero-order chi connectivity index (χ0) is 17.6. The van der Waals surface area contributed by atoms with Crippen LogP contribution in [0, 0.1) is 0 Å². The van der Waals surface area contributed by atoms with E-state index in [1.165, 1.54) is 22.9 Å². The summed E-state index contributed by atoms with van der Waals surface area (Å²) in [6.45, 7) is 4.22. The number of thioether (sulfide) groups is 1. The van der Waals surface area contributed by atoms with Crippen molar-refractivity contribution in [1.29, 1.82) is 0 Å². The molecule has 3 aromatic rings. The molecule has 1 amide bonds. The second-order valence-corrected chi connectivity index (χ2v) is 6.84. The van der Waals surface area contributed by atoms with Crippen LogP contribution in [0.1, 0.15) is 25.0 Å². The first-order chi connectivity index (χ1) is 12.2. The number of carbonyl (C=O) groups excluding carboxylic acids is 1. The molecule has 1 heterocycles. The van der Waals surface area contributed by atoms with Gasteiger partial charge in [-0.15, -0.1) is 11.8 Å². The van der Waals surface area contributed by atoms with Gasteiger partial charge in [0.25, 0.3) is 0 Å². The number of nitrogens with zero attached hydrogens (tertiary/aromatic N) is 1. The third kappa shape index (κ3) is 4.02. The molecule has 0 spiro atoms. The number of hydrogen-bond acceptors (Lipinski definition) is 3. The Labute approximate surface area is 152 Å². The fourth-order valence-corrected chi connectivity index (χ4v) is 3.76. The quantitative estimate of drug-likeness (QED) is 0.630. The molecule has 0 atom stereocenters. The lowest BCUT2D eigenvalue weighted by molar-refractivity contribution is -0.113. The SMILES string of the molecule is CCc1cccc(CC)c1NC(=O)CSc1cccc2cccnc12. The fraction of sp³-hybridized carbons (Fsp3) is 0.238. The van der Waals surface area contributed by atoms with Crippen LogP contribution in [0.15, 0.2) is 59.6 Å². The molecule has 0 saturated carbocycles. The topological polar surface area (TPSA) is 42.0 Å². The van der Waals surface area contributed by atoms with Crippen LogP contribution in [0.2, 0.25) is 0 Å².